The third-order valence-electron chi connectivity index (χ3n) is 10.3. The number of furan rings is 1. The number of hydrogen-bond donors (Lipinski definition) is 0. The predicted molar refractivity (Wildman–Crippen MR) is 227 cm³/mol. The fourth-order valence-corrected chi connectivity index (χ4v) is 7.45. The molecular formula is C52H34N2O. The van der Waals surface area contributed by atoms with Gasteiger partial charge in [-0.2, -0.15) is 0 Å². The lowest BCUT2D eigenvalue weighted by atomic mass is 9.94. The lowest BCUT2D eigenvalue weighted by molar-refractivity contribution is 0.669. The molecular weight excluding hydrogens is 669 g/mol. The number of benzene rings is 8. The fourth-order valence-electron chi connectivity index (χ4n) is 7.45. The summed E-state index contributed by atoms with van der Waals surface area (Å²) in [5.74, 6) is 0.684. The first-order valence-corrected chi connectivity index (χ1v) is 18.6. The molecule has 0 aliphatic rings. The van der Waals surface area contributed by atoms with Crippen LogP contribution in [0.3, 0.4) is 0 Å². The highest BCUT2D eigenvalue weighted by atomic mass is 16.3. The monoisotopic (exact) mass is 702 g/mol. The Hall–Kier alpha value is -7.36. The van der Waals surface area contributed by atoms with Crippen LogP contribution in [0, 0.1) is 0 Å². The zero-order valence-corrected chi connectivity index (χ0v) is 29.9. The minimum absolute atomic E-state index is 0.684. The quantitative estimate of drug-likeness (QED) is 0.166. The van der Waals surface area contributed by atoms with Crippen LogP contribution < -0.4 is 0 Å². The highest BCUT2D eigenvalue weighted by molar-refractivity contribution is 6.07. The van der Waals surface area contributed by atoms with Crippen molar-refractivity contribution in [2.45, 2.75) is 0 Å². The third-order valence-corrected chi connectivity index (χ3v) is 10.3. The van der Waals surface area contributed by atoms with E-state index in [0.717, 1.165) is 83.4 Å². The molecule has 0 spiro atoms. The van der Waals surface area contributed by atoms with Crippen LogP contribution in [0.4, 0.5) is 0 Å². The van der Waals surface area contributed by atoms with Gasteiger partial charge in [0.05, 0.1) is 11.4 Å². The molecule has 55 heavy (non-hydrogen) atoms. The fraction of sp³-hybridized carbons (Fsp3) is 0. The summed E-state index contributed by atoms with van der Waals surface area (Å²) in [6.45, 7) is 0. The Kier molecular flexibility index (Phi) is 8.16. The van der Waals surface area contributed by atoms with E-state index >= 15 is 0 Å². The van der Waals surface area contributed by atoms with Gasteiger partial charge in [-0.3, -0.25) is 0 Å². The zero-order valence-electron chi connectivity index (χ0n) is 29.9. The molecule has 0 N–H and O–H groups in total. The molecule has 258 valence electrons. The second-order valence-electron chi connectivity index (χ2n) is 13.8. The first-order valence-electron chi connectivity index (χ1n) is 18.6. The molecule has 3 heteroatoms. The van der Waals surface area contributed by atoms with Crippen molar-refractivity contribution < 1.29 is 4.42 Å². The van der Waals surface area contributed by atoms with Crippen LogP contribution in [0.2, 0.25) is 0 Å². The van der Waals surface area contributed by atoms with Crippen molar-refractivity contribution in [2.75, 3.05) is 0 Å². The summed E-state index contributed by atoms with van der Waals surface area (Å²) in [7, 11) is 0. The molecule has 0 radical (unpaired) electrons. The number of hydrogen-bond acceptors (Lipinski definition) is 3. The van der Waals surface area contributed by atoms with E-state index in [1.165, 1.54) is 11.1 Å². The van der Waals surface area contributed by atoms with E-state index in [0.29, 0.717) is 5.82 Å². The van der Waals surface area contributed by atoms with Crippen LogP contribution in [-0.2, 0) is 0 Å². The first-order chi connectivity index (χ1) is 27.2. The Morgan fingerprint density at radius 3 is 1.20 bits per heavy atom. The molecule has 3 nitrogen and oxygen atoms in total. The molecule has 8 aromatic carbocycles. The van der Waals surface area contributed by atoms with Crippen LogP contribution in [0.25, 0.3) is 100 Å². The van der Waals surface area contributed by atoms with Gasteiger partial charge in [-0.05, 0) is 99.1 Å². The summed E-state index contributed by atoms with van der Waals surface area (Å²) in [6.07, 6.45) is 0. The molecule has 2 heterocycles. The van der Waals surface area contributed by atoms with E-state index in [1.54, 1.807) is 0 Å². The minimum atomic E-state index is 0.684. The lowest BCUT2D eigenvalue weighted by Gasteiger charge is -2.14. The number of aromatic nitrogens is 2. The molecule has 0 amide bonds. The van der Waals surface area contributed by atoms with Crippen molar-refractivity contribution in [3.05, 3.63) is 206 Å². The van der Waals surface area contributed by atoms with Crippen LogP contribution >= 0.6 is 0 Å². The van der Waals surface area contributed by atoms with Gasteiger partial charge in [0.25, 0.3) is 0 Å². The SMILES string of the molecule is c1ccc(-c2cccc(-c3cc(-c4cc(-c5ccccc5)cc(-c5ccc6c(c5)oc5cc(-c7ccccc7)ccc56)c4)nc(-c4ccccc4)n3)c2)cc1. The predicted octanol–water partition coefficient (Wildman–Crippen LogP) is 14.0. The molecule has 0 aliphatic carbocycles. The van der Waals surface area contributed by atoms with Gasteiger partial charge in [0, 0.05) is 27.5 Å². The second kappa shape index (κ2) is 13.9. The number of rotatable bonds is 7. The summed E-state index contributed by atoms with van der Waals surface area (Å²) in [5.41, 5.74) is 15.5. The maximum absolute atomic E-state index is 6.56. The molecule has 0 unspecified atom stereocenters. The average Bonchev–Trinajstić information content (AvgIpc) is 3.64. The third kappa shape index (κ3) is 6.39. The van der Waals surface area contributed by atoms with Gasteiger partial charge in [-0.1, -0.05) is 152 Å². The Balaban J connectivity index is 1.13. The molecule has 0 fully saturated rings. The van der Waals surface area contributed by atoms with Gasteiger partial charge >= 0.3 is 0 Å². The van der Waals surface area contributed by atoms with Gasteiger partial charge < -0.3 is 4.42 Å². The number of fused-ring (bicyclic) bond motifs is 3. The molecule has 0 saturated heterocycles. The Morgan fingerprint density at radius 2 is 0.636 bits per heavy atom. The lowest BCUT2D eigenvalue weighted by Crippen LogP contribution is -1.96. The van der Waals surface area contributed by atoms with Gasteiger partial charge in [-0.25, -0.2) is 9.97 Å². The highest BCUT2D eigenvalue weighted by Crippen LogP contribution is 2.38. The Bertz CT molecular complexity index is 2950. The Labute approximate surface area is 319 Å². The molecule has 0 aliphatic heterocycles. The van der Waals surface area contributed by atoms with Crippen LogP contribution in [0.5, 0.6) is 0 Å². The molecule has 0 saturated carbocycles. The summed E-state index contributed by atoms with van der Waals surface area (Å²) >= 11 is 0. The molecule has 10 rings (SSSR count). The van der Waals surface area contributed by atoms with Crippen molar-refractivity contribution >= 4 is 21.9 Å². The maximum Gasteiger partial charge on any atom is 0.160 e. The zero-order chi connectivity index (χ0) is 36.6. The standard InChI is InChI=1S/C52H34N2O/c1-5-14-35(15-6-1)39-22-13-23-42(28-39)48-34-49(54-52(53-48)38-20-11-4-12-21-38)45-30-43(37-18-9-3-10-19-37)29-44(31-45)41-25-27-47-46-26-24-40(36-16-7-2-8-17-36)32-50(46)55-51(47)33-41/h1-34H. The smallest absolute Gasteiger partial charge is 0.160 e. The molecule has 0 bridgehead atoms. The topological polar surface area (TPSA) is 38.9 Å². The van der Waals surface area contributed by atoms with E-state index in [2.05, 4.69) is 176 Å². The highest BCUT2D eigenvalue weighted by Gasteiger charge is 2.16. The van der Waals surface area contributed by atoms with Crippen molar-refractivity contribution in [1.82, 2.24) is 9.97 Å². The normalized spacial score (nSPS) is 11.3. The maximum atomic E-state index is 6.56. The van der Waals surface area contributed by atoms with E-state index in [1.807, 2.05) is 30.3 Å². The van der Waals surface area contributed by atoms with E-state index in [4.69, 9.17) is 14.4 Å². The van der Waals surface area contributed by atoms with Gasteiger partial charge in [-0.15, -0.1) is 0 Å². The van der Waals surface area contributed by atoms with Gasteiger partial charge in [0.15, 0.2) is 5.82 Å². The first kappa shape index (κ1) is 32.3. The van der Waals surface area contributed by atoms with Crippen molar-refractivity contribution in [2.24, 2.45) is 0 Å². The van der Waals surface area contributed by atoms with Crippen LogP contribution in [0.15, 0.2) is 211 Å². The summed E-state index contributed by atoms with van der Waals surface area (Å²) < 4.78 is 6.56. The Morgan fingerprint density at radius 1 is 0.255 bits per heavy atom. The van der Waals surface area contributed by atoms with Gasteiger partial charge in [0.1, 0.15) is 11.2 Å². The summed E-state index contributed by atoms with van der Waals surface area (Å²) in [4.78, 5) is 10.4. The average molecular weight is 703 g/mol. The summed E-state index contributed by atoms with van der Waals surface area (Å²) in [6, 6.07) is 72.2. The van der Waals surface area contributed by atoms with Crippen molar-refractivity contribution in [3.8, 4) is 78.4 Å². The molecule has 2 aromatic heterocycles. The largest absolute Gasteiger partial charge is 0.456 e. The molecule has 0 atom stereocenters. The second-order valence-corrected chi connectivity index (χ2v) is 13.8. The molecule has 10 aromatic rings. The van der Waals surface area contributed by atoms with Crippen molar-refractivity contribution in [3.63, 3.8) is 0 Å². The van der Waals surface area contributed by atoms with E-state index < -0.39 is 0 Å². The van der Waals surface area contributed by atoms with E-state index in [-0.39, 0.29) is 0 Å². The van der Waals surface area contributed by atoms with Crippen LogP contribution in [-0.4, -0.2) is 9.97 Å². The van der Waals surface area contributed by atoms with Crippen LogP contribution in [0.1, 0.15) is 0 Å². The van der Waals surface area contributed by atoms with Crippen molar-refractivity contribution in [1.29, 1.82) is 0 Å². The van der Waals surface area contributed by atoms with E-state index in [9.17, 15) is 0 Å². The number of nitrogens with zero attached hydrogens (tertiary/aromatic N) is 2. The summed E-state index contributed by atoms with van der Waals surface area (Å²) in [5, 5.41) is 2.21. The minimum Gasteiger partial charge on any atom is -0.456 e. The van der Waals surface area contributed by atoms with Gasteiger partial charge in [0.2, 0.25) is 0 Å².